The third kappa shape index (κ3) is 3.80. The maximum Gasteiger partial charge on any atom is 0.426 e. The summed E-state index contributed by atoms with van der Waals surface area (Å²) in [5, 5.41) is 27.0. The summed E-state index contributed by atoms with van der Waals surface area (Å²) in [5.74, 6) is -3.24. The number of carbonyl (C=O) groups excluding carboxylic acids is 2. The van der Waals surface area contributed by atoms with Crippen molar-refractivity contribution < 1.29 is 34.4 Å². The molecule has 2 aromatic carbocycles. The number of carboxylic acid groups (broad SMARTS) is 1. The van der Waals surface area contributed by atoms with E-state index in [1.54, 1.807) is 5.43 Å². The lowest BCUT2D eigenvalue weighted by Gasteiger charge is -2.16. The van der Waals surface area contributed by atoms with Crippen molar-refractivity contribution in [3.63, 3.8) is 0 Å². The number of aliphatic hydroxyl groups excluding tert-OH is 2. The highest BCUT2D eigenvalue weighted by Gasteiger charge is 2.31. The maximum absolute atomic E-state index is 11.8. The second-order valence-electron chi connectivity index (χ2n) is 6.17. The first-order chi connectivity index (χ1) is 13.4. The Morgan fingerprint density at radius 2 is 1.43 bits per heavy atom. The summed E-state index contributed by atoms with van der Waals surface area (Å²) in [4.78, 5) is 33.9. The number of rotatable bonds is 5. The van der Waals surface area contributed by atoms with E-state index >= 15 is 0 Å². The summed E-state index contributed by atoms with van der Waals surface area (Å²) < 4.78 is 5.15. The Kier molecular flexibility index (Phi) is 5.57. The molecule has 9 heteroatoms. The Morgan fingerprint density at radius 3 is 1.96 bits per heavy atom. The number of hydrogen-bond donors (Lipinski definition) is 5. The van der Waals surface area contributed by atoms with Gasteiger partial charge in [-0.2, -0.15) is 0 Å². The van der Waals surface area contributed by atoms with Gasteiger partial charge in [0.2, 0.25) is 0 Å². The maximum atomic E-state index is 11.8. The fraction of sp³-hybridized carbons (Fsp3) is 0.211. The number of amides is 2. The highest BCUT2D eigenvalue weighted by Crippen LogP contribution is 2.44. The minimum Gasteiger partial charge on any atom is -0.479 e. The number of aliphatic hydroxyl groups is 2. The molecular formula is C19H18N2O7. The van der Waals surface area contributed by atoms with Crippen molar-refractivity contribution in [1.29, 1.82) is 0 Å². The van der Waals surface area contributed by atoms with Gasteiger partial charge in [0.25, 0.3) is 5.91 Å². The van der Waals surface area contributed by atoms with E-state index in [0.29, 0.717) is 0 Å². The van der Waals surface area contributed by atoms with Crippen molar-refractivity contribution in [3.05, 3.63) is 59.7 Å². The van der Waals surface area contributed by atoms with E-state index in [2.05, 4.69) is 0 Å². The van der Waals surface area contributed by atoms with Gasteiger partial charge >= 0.3 is 12.1 Å². The van der Waals surface area contributed by atoms with E-state index in [1.165, 1.54) is 0 Å². The van der Waals surface area contributed by atoms with E-state index in [9.17, 15) is 19.5 Å². The molecule has 0 aromatic heterocycles. The molecule has 0 unspecified atom stereocenters. The summed E-state index contributed by atoms with van der Waals surface area (Å²) in [7, 11) is 0. The lowest BCUT2D eigenvalue weighted by atomic mass is 9.98. The first kappa shape index (κ1) is 19.3. The van der Waals surface area contributed by atoms with Gasteiger partial charge in [-0.3, -0.25) is 10.2 Å². The highest BCUT2D eigenvalue weighted by molar-refractivity contribution is 5.88. The minimum atomic E-state index is -2.32. The number of fused-ring (bicyclic) bond motifs is 3. The Balaban J connectivity index is 1.58. The largest absolute Gasteiger partial charge is 0.479 e. The quantitative estimate of drug-likeness (QED) is 0.467. The molecule has 0 saturated heterocycles. The normalized spacial score (nSPS) is 14.4. The summed E-state index contributed by atoms with van der Waals surface area (Å²) in [6, 6.07) is 15.5. The molecule has 5 N–H and O–H groups in total. The molecule has 28 heavy (non-hydrogen) atoms. The molecule has 0 heterocycles. The second kappa shape index (κ2) is 8.07. The first-order valence-corrected chi connectivity index (χ1v) is 8.40. The molecule has 2 amide bonds. The van der Waals surface area contributed by atoms with Crippen LogP contribution >= 0.6 is 0 Å². The fourth-order valence-electron chi connectivity index (χ4n) is 3.10. The molecule has 1 aliphatic rings. The van der Waals surface area contributed by atoms with Crippen LogP contribution in [0.25, 0.3) is 11.1 Å². The van der Waals surface area contributed by atoms with Crippen molar-refractivity contribution in [2.75, 3.05) is 6.61 Å². The van der Waals surface area contributed by atoms with Crippen molar-refractivity contribution in [1.82, 2.24) is 10.9 Å². The Hall–Kier alpha value is -3.43. The van der Waals surface area contributed by atoms with Crippen LogP contribution in [0.5, 0.6) is 0 Å². The van der Waals surface area contributed by atoms with Gasteiger partial charge in [0.1, 0.15) is 6.61 Å². The van der Waals surface area contributed by atoms with Crippen LogP contribution in [0.1, 0.15) is 17.0 Å². The molecule has 0 fully saturated rings. The zero-order valence-electron chi connectivity index (χ0n) is 14.5. The number of nitrogens with one attached hydrogen (secondary N) is 2. The van der Waals surface area contributed by atoms with Gasteiger partial charge in [-0.1, -0.05) is 48.5 Å². The molecule has 146 valence electrons. The smallest absolute Gasteiger partial charge is 0.426 e. The van der Waals surface area contributed by atoms with Gasteiger partial charge in [0, 0.05) is 5.92 Å². The lowest BCUT2D eigenvalue weighted by Crippen LogP contribution is -2.51. The first-order valence-electron chi connectivity index (χ1n) is 8.40. The van der Waals surface area contributed by atoms with E-state index in [-0.39, 0.29) is 12.5 Å². The van der Waals surface area contributed by atoms with Gasteiger partial charge in [-0.25, -0.2) is 15.0 Å². The molecule has 0 saturated carbocycles. The number of hydrogen-bond acceptors (Lipinski definition) is 6. The fourth-order valence-corrected chi connectivity index (χ4v) is 3.10. The van der Waals surface area contributed by atoms with Crippen molar-refractivity contribution in [2.24, 2.45) is 0 Å². The average Bonchev–Trinajstić information content (AvgIpc) is 3.03. The van der Waals surface area contributed by atoms with Crippen molar-refractivity contribution >= 4 is 18.0 Å². The molecule has 3 rings (SSSR count). The predicted molar refractivity (Wildman–Crippen MR) is 96.0 cm³/mol. The van der Waals surface area contributed by atoms with Crippen LogP contribution in [0.2, 0.25) is 0 Å². The van der Waals surface area contributed by atoms with E-state index in [1.807, 2.05) is 54.0 Å². The van der Waals surface area contributed by atoms with Crippen LogP contribution in [0.15, 0.2) is 48.5 Å². The van der Waals surface area contributed by atoms with Crippen LogP contribution in [0.3, 0.4) is 0 Å². The number of hydrazine groups is 1. The van der Waals surface area contributed by atoms with E-state index < -0.39 is 30.2 Å². The standard InChI is InChI=1S/C19H18N2O7/c22-15(16(23)18(25)26)17(24)20-21-19(27)28-9-14-12-7-3-1-5-10(12)11-6-2-4-8-13(11)14/h1-8,14-16,22-23H,9H2,(H,20,24)(H,21,27)(H,25,26)/t15-,16-/m1/s1. The van der Waals surface area contributed by atoms with E-state index in [0.717, 1.165) is 22.3 Å². The molecule has 1 aliphatic carbocycles. The van der Waals surface area contributed by atoms with Gasteiger partial charge < -0.3 is 20.1 Å². The highest BCUT2D eigenvalue weighted by atomic mass is 16.6. The van der Waals surface area contributed by atoms with Crippen molar-refractivity contribution in [2.45, 2.75) is 18.1 Å². The van der Waals surface area contributed by atoms with Gasteiger partial charge in [0.15, 0.2) is 12.2 Å². The van der Waals surface area contributed by atoms with Gasteiger partial charge in [0.05, 0.1) is 0 Å². The molecule has 2 aromatic rings. The van der Waals surface area contributed by atoms with Gasteiger partial charge in [-0.05, 0) is 22.3 Å². The number of aliphatic carboxylic acids is 1. The molecule has 0 aliphatic heterocycles. The molecule has 9 nitrogen and oxygen atoms in total. The van der Waals surface area contributed by atoms with Crippen LogP contribution in [-0.2, 0) is 14.3 Å². The van der Waals surface area contributed by atoms with Crippen LogP contribution in [0.4, 0.5) is 4.79 Å². The summed E-state index contributed by atoms with van der Waals surface area (Å²) >= 11 is 0. The predicted octanol–water partition coefficient (Wildman–Crippen LogP) is 0.363. The second-order valence-corrected chi connectivity index (χ2v) is 6.17. The lowest BCUT2D eigenvalue weighted by molar-refractivity contribution is -0.158. The zero-order valence-corrected chi connectivity index (χ0v) is 14.5. The molecule has 0 spiro atoms. The molecule has 2 atom stereocenters. The molecular weight excluding hydrogens is 368 g/mol. The number of carboxylic acids is 1. The number of benzene rings is 2. The Bertz CT molecular complexity index is 869. The SMILES string of the molecule is O=C(NNC(=O)[C@H](O)[C@@H](O)C(=O)O)OCC1c2ccccc2-c2ccccc21. The number of ether oxygens (including phenoxy) is 1. The van der Waals surface area contributed by atoms with Gasteiger partial charge in [-0.15, -0.1) is 0 Å². The summed E-state index contributed by atoms with van der Waals surface area (Å²) in [5.41, 5.74) is 7.85. The third-order valence-electron chi connectivity index (χ3n) is 4.45. The Labute approximate surface area is 159 Å². The summed E-state index contributed by atoms with van der Waals surface area (Å²) in [6.07, 6.45) is -5.55. The third-order valence-corrected chi connectivity index (χ3v) is 4.45. The van der Waals surface area contributed by atoms with Crippen LogP contribution in [-0.4, -0.2) is 52.1 Å². The molecule has 0 bridgehead atoms. The van der Waals surface area contributed by atoms with Crippen molar-refractivity contribution in [3.8, 4) is 11.1 Å². The minimum absolute atomic E-state index is 0.00996. The monoisotopic (exact) mass is 386 g/mol. The Morgan fingerprint density at radius 1 is 0.893 bits per heavy atom. The van der Waals surface area contributed by atoms with Crippen LogP contribution in [0, 0.1) is 0 Å². The van der Waals surface area contributed by atoms with E-state index in [4.69, 9.17) is 14.9 Å². The average molecular weight is 386 g/mol. The number of carbonyl (C=O) groups is 3. The molecule has 0 radical (unpaired) electrons. The van der Waals surface area contributed by atoms with Crippen LogP contribution < -0.4 is 10.9 Å². The summed E-state index contributed by atoms with van der Waals surface area (Å²) in [6.45, 7) is 0.00996. The topological polar surface area (TPSA) is 145 Å². The zero-order chi connectivity index (χ0) is 20.3.